The van der Waals surface area contributed by atoms with Crippen molar-refractivity contribution < 1.29 is 14.7 Å². The van der Waals surface area contributed by atoms with Crippen molar-refractivity contribution in [1.29, 1.82) is 0 Å². The maximum Gasteiger partial charge on any atom is 0.326 e. The average molecular weight is 244 g/mol. The van der Waals surface area contributed by atoms with Gasteiger partial charge in [0.1, 0.15) is 6.04 Å². The standard InChI is InChI=1S/C12H24N2O3/c1-3-9(2)11(12(16)17)14-10(15)7-5-4-6-8-13/h9,11H,3-8,13H2,1-2H3,(H,14,15)(H,16,17)/t9?,11-/m0/s1. The van der Waals surface area contributed by atoms with E-state index in [2.05, 4.69) is 5.32 Å². The summed E-state index contributed by atoms with van der Waals surface area (Å²) in [5.41, 5.74) is 5.35. The van der Waals surface area contributed by atoms with Crippen LogP contribution in [0.15, 0.2) is 0 Å². The van der Waals surface area contributed by atoms with Crippen LogP contribution in [0, 0.1) is 5.92 Å². The fourth-order valence-electron chi connectivity index (χ4n) is 1.54. The second-order valence-corrected chi connectivity index (χ2v) is 4.37. The molecule has 4 N–H and O–H groups in total. The van der Waals surface area contributed by atoms with E-state index in [9.17, 15) is 9.59 Å². The van der Waals surface area contributed by atoms with Gasteiger partial charge in [-0.25, -0.2) is 4.79 Å². The molecule has 0 aromatic carbocycles. The first-order valence-electron chi connectivity index (χ1n) is 6.25. The van der Waals surface area contributed by atoms with Gasteiger partial charge in [-0.2, -0.15) is 0 Å². The van der Waals surface area contributed by atoms with Gasteiger partial charge in [-0.1, -0.05) is 26.7 Å². The van der Waals surface area contributed by atoms with Gasteiger partial charge < -0.3 is 16.2 Å². The van der Waals surface area contributed by atoms with Crippen LogP contribution in [0.4, 0.5) is 0 Å². The Morgan fingerprint density at radius 1 is 1.29 bits per heavy atom. The molecule has 0 rings (SSSR count). The summed E-state index contributed by atoms with van der Waals surface area (Å²) in [5.74, 6) is -1.20. The molecule has 0 aromatic rings. The molecule has 100 valence electrons. The van der Waals surface area contributed by atoms with Gasteiger partial charge in [0.15, 0.2) is 0 Å². The highest BCUT2D eigenvalue weighted by atomic mass is 16.4. The molecule has 0 heterocycles. The van der Waals surface area contributed by atoms with E-state index in [0.717, 1.165) is 25.7 Å². The molecule has 5 heteroatoms. The summed E-state index contributed by atoms with van der Waals surface area (Å²) in [6, 6.07) is -0.776. The van der Waals surface area contributed by atoms with Gasteiger partial charge in [-0.05, 0) is 25.3 Å². The predicted octanol–water partition coefficient (Wildman–Crippen LogP) is 1.12. The van der Waals surface area contributed by atoms with Crippen LogP contribution in [-0.2, 0) is 9.59 Å². The van der Waals surface area contributed by atoms with E-state index in [-0.39, 0.29) is 11.8 Å². The fourth-order valence-corrected chi connectivity index (χ4v) is 1.54. The number of nitrogens with two attached hydrogens (primary N) is 1. The minimum absolute atomic E-state index is 0.0551. The van der Waals surface area contributed by atoms with Gasteiger partial charge in [-0.15, -0.1) is 0 Å². The Kier molecular flexibility index (Phi) is 8.40. The minimum Gasteiger partial charge on any atom is -0.480 e. The maximum absolute atomic E-state index is 11.5. The van der Waals surface area contributed by atoms with Crippen LogP contribution >= 0.6 is 0 Å². The molecular weight excluding hydrogens is 220 g/mol. The summed E-state index contributed by atoms with van der Waals surface area (Å²) in [4.78, 5) is 22.5. The van der Waals surface area contributed by atoms with Crippen LogP contribution < -0.4 is 11.1 Å². The zero-order chi connectivity index (χ0) is 13.3. The van der Waals surface area contributed by atoms with E-state index in [1.807, 2.05) is 13.8 Å². The van der Waals surface area contributed by atoms with Crippen LogP contribution in [0.3, 0.4) is 0 Å². The first kappa shape index (κ1) is 15.9. The van der Waals surface area contributed by atoms with Crippen LogP contribution in [0.25, 0.3) is 0 Å². The topological polar surface area (TPSA) is 92.4 Å². The van der Waals surface area contributed by atoms with E-state index < -0.39 is 12.0 Å². The molecule has 0 radical (unpaired) electrons. The minimum atomic E-state index is -0.963. The quantitative estimate of drug-likeness (QED) is 0.530. The lowest BCUT2D eigenvalue weighted by atomic mass is 9.99. The van der Waals surface area contributed by atoms with E-state index in [1.54, 1.807) is 0 Å². The Morgan fingerprint density at radius 2 is 1.94 bits per heavy atom. The Balaban J connectivity index is 4.00. The highest BCUT2D eigenvalue weighted by Crippen LogP contribution is 2.08. The van der Waals surface area contributed by atoms with E-state index >= 15 is 0 Å². The molecule has 0 saturated carbocycles. The van der Waals surface area contributed by atoms with Gasteiger partial charge in [0.2, 0.25) is 5.91 Å². The van der Waals surface area contributed by atoms with E-state index in [1.165, 1.54) is 0 Å². The third-order valence-corrected chi connectivity index (χ3v) is 2.90. The van der Waals surface area contributed by atoms with Crippen LogP contribution in [0.5, 0.6) is 0 Å². The molecule has 5 nitrogen and oxygen atoms in total. The first-order valence-corrected chi connectivity index (χ1v) is 6.25. The largest absolute Gasteiger partial charge is 0.480 e. The number of carbonyl (C=O) groups excluding carboxylic acids is 1. The number of hydrogen-bond donors (Lipinski definition) is 3. The van der Waals surface area contributed by atoms with Crippen molar-refractivity contribution in [2.24, 2.45) is 11.7 Å². The molecule has 0 aliphatic carbocycles. The normalized spacial score (nSPS) is 14.1. The van der Waals surface area contributed by atoms with Crippen molar-refractivity contribution in [2.45, 2.75) is 52.0 Å². The van der Waals surface area contributed by atoms with Gasteiger partial charge >= 0.3 is 5.97 Å². The SMILES string of the molecule is CCC(C)[C@H](NC(=O)CCCCCN)C(=O)O. The highest BCUT2D eigenvalue weighted by molar-refractivity contribution is 5.83. The molecular formula is C12H24N2O3. The number of hydrogen-bond acceptors (Lipinski definition) is 3. The third-order valence-electron chi connectivity index (χ3n) is 2.90. The summed E-state index contributed by atoms with van der Waals surface area (Å²) in [6.07, 6.45) is 3.67. The number of rotatable bonds is 9. The van der Waals surface area contributed by atoms with Crippen molar-refractivity contribution in [2.75, 3.05) is 6.54 Å². The molecule has 0 aromatic heterocycles. The molecule has 0 aliphatic rings. The summed E-state index contributed by atoms with van der Waals surface area (Å²) in [5, 5.41) is 11.6. The molecule has 1 amide bonds. The third kappa shape index (κ3) is 6.94. The van der Waals surface area contributed by atoms with Gasteiger partial charge in [0.25, 0.3) is 0 Å². The molecule has 17 heavy (non-hydrogen) atoms. The van der Waals surface area contributed by atoms with Crippen molar-refractivity contribution in [3.8, 4) is 0 Å². The molecule has 0 fully saturated rings. The molecule has 1 unspecified atom stereocenters. The number of carbonyl (C=O) groups is 2. The van der Waals surface area contributed by atoms with Crippen molar-refractivity contribution >= 4 is 11.9 Å². The van der Waals surface area contributed by atoms with Gasteiger partial charge in [-0.3, -0.25) is 4.79 Å². The number of carboxylic acids is 1. The number of carboxylic acid groups (broad SMARTS) is 1. The first-order chi connectivity index (χ1) is 8.02. The van der Waals surface area contributed by atoms with E-state index in [4.69, 9.17) is 10.8 Å². The highest BCUT2D eigenvalue weighted by Gasteiger charge is 2.24. The Hall–Kier alpha value is -1.10. The smallest absolute Gasteiger partial charge is 0.326 e. The van der Waals surface area contributed by atoms with Crippen molar-refractivity contribution in [3.05, 3.63) is 0 Å². The summed E-state index contributed by atoms with van der Waals surface area (Å²) >= 11 is 0. The lowest BCUT2D eigenvalue weighted by Crippen LogP contribution is -2.44. The zero-order valence-electron chi connectivity index (χ0n) is 10.7. The number of unbranched alkanes of at least 4 members (excludes halogenated alkanes) is 2. The van der Waals surface area contributed by atoms with Crippen LogP contribution in [0.2, 0.25) is 0 Å². The molecule has 0 saturated heterocycles. The van der Waals surface area contributed by atoms with Crippen LogP contribution in [-0.4, -0.2) is 29.6 Å². The lowest BCUT2D eigenvalue weighted by molar-refractivity contribution is -0.143. The maximum atomic E-state index is 11.5. The summed E-state index contributed by atoms with van der Waals surface area (Å²) in [7, 11) is 0. The number of aliphatic carboxylic acids is 1. The Morgan fingerprint density at radius 3 is 2.41 bits per heavy atom. The van der Waals surface area contributed by atoms with E-state index in [0.29, 0.717) is 13.0 Å². The van der Waals surface area contributed by atoms with Gasteiger partial charge in [0, 0.05) is 6.42 Å². The Bertz CT molecular complexity index is 244. The molecule has 0 aliphatic heterocycles. The zero-order valence-corrected chi connectivity index (χ0v) is 10.7. The number of amides is 1. The van der Waals surface area contributed by atoms with Crippen LogP contribution in [0.1, 0.15) is 46.0 Å². The summed E-state index contributed by atoms with van der Waals surface area (Å²) < 4.78 is 0. The molecule has 0 bridgehead atoms. The average Bonchev–Trinajstić information content (AvgIpc) is 2.30. The predicted molar refractivity (Wildman–Crippen MR) is 66.5 cm³/mol. The van der Waals surface area contributed by atoms with Crippen molar-refractivity contribution in [1.82, 2.24) is 5.32 Å². The molecule has 2 atom stereocenters. The second-order valence-electron chi connectivity index (χ2n) is 4.37. The van der Waals surface area contributed by atoms with Gasteiger partial charge in [0.05, 0.1) is 0 Å². The van der Waals surface area contributed by atoms with Crippen molar-refractivity contribution in [3.63, 3.8) is 0 Å². The second kappa shape index (κ2) is 8.98. The number of nitrogens with one attached hydrogen (secondary N) is 1. The monoisotopic (exact) mass is 244 g/mol. The lowest BCUT2D eigenvalue weighted by Gasteiger charge is -2.20. The fraction of sp³-hybridized carbons (Fsp3) is 0.833. The Labute approximate surface area is 103 Å². The molecule has 0 spiro atoms. The summed E-state index contributed by atoms with van der Waals surface area (Å²) in [6.45, 7) is 4.37.